The Morgan fingerprint density at radius 1 is 0.778 bits per heavy atom. The lowest BCUT2D eigenvalue weighted by Gasteiger charge is -2.34. The molecular formula is C22H17F9O5. The van der Waals surface area contributed by atoms with E-state index in [0.29, 0.717) is 0 Å². The van der Waals surface area contributed by atoms with Crippen LogP contribution in [-0.4, -0.2) is 47.1 Å². The summed E-state index contributed by atoms with van der Waals surface area (Å²) >= 11 is 0. The topological polar surface area (TPSA) is 72.8 Å². The van der Waals surface area contributed by atoms with Crippen LogP contribution in [0.5, 0.6) is 11.5 Å². The molecule has 0 saturated carbocycles. The summed E-state index contributed by atoms with van der Waals surface area (Å²) in [4.78, 5) is 24.2. The van der Waals surface area contributed by atoms with E-state index in [1.54, 1.807) is 0 Å². The van der Waals surface area contributed by atoms with Crippen molar-refractivity contribution >= 4 is 11.9 Å². The highest BCUT2D eigenvalue weighted by molar-refractivity contribution is 5.94. The highest BCUT2D eigenvalue weighted by atomic mass is 19.4. The zero-order valence-electron chi connectivity index (χ0n) is 18.1. The molecule has 0 amide bonds. The van der Waals surface area contributed by atoms with E-state index in [0.717, 1.165) is 31.2 Å². The monoisotopic (exact) mass is 532 g/mol. The van der Waals surface area contributed by atoms with Crippen LogP contribution in [0.25, 0.3) is 0 Å². The molecule has 0 aliphatic rings. The molecule has 0 fully saturated rings. The molecule has 2 rings (SSSR count). The number of ether oxygens (including phenoxy) is 2. The average molecular weight is 532 g/mol. The first-order valence-corrected chi connectivity index (χ1v) is 9.91. The molecular weight excluding hydrogens is 515 g/mol. The number of hydrogen-bond acceptors (Lipinski definition) is 5. The first kappa shape index (κ1) is 28.8. The number of phenolic OH excluding ortho intramolecular Hbond substituents is 1. The third-order valence-electron chi connectivity index (χ3n) is 4.79. The van der Waals surface area contributed by atoms with Gasteiger partial charge in [0.25, 0.3) is 0 Å². The third kappa shape index (κ3) is 6.21. The number of esters is 2. The molecule has 0 saturated heterocycles. The number of phenols is 1. The Balaban J connectivity index is 1.97. The van der Waals surface area contributed by atoms with Crippen LogP contribution >= 0.6 is 0 Å². The fourth-order valence-electron chi connectivity index (χ4n) is 2.68. The molecule has 0 spiro atoms. The largest absolute Gasteiger partial charge is 0.508 e. The van der Waals surface area contributed by atoms with Crippen LogP contribution in [0, 0.1) is 0 Å². The molecule has 0 heterocycles. The van der Waals surface area contributed by atoms with Gasteiger partial charge >= 0.3 is 35.9 Å². The van der Waals surface area contributed by atoms with Crippen molar-refractivity contribution < 1.29 is 63.7 Å². The van der Waals surface area contributed by atoms with Gasteiger partial charge in [-0.15, -0.1) is 0 Å². The Hall–Kier alpha value is -3.45. The van der Waals surface area contributed by atoms with Gasteiger partial charge in [-0.3, -0.25) is 0 Å². The van der Waals surface area contributed by atoms with Gasteiger partial charge in [0, 0.05) is 6.42 Å². The molecule has 0 radical (unpaired) electrons. The van der Waals surface area contributed by atoms with E-state index < -0.39 is 54.8 Å². The average Bonchev–Trinajstić information content (AvgIpc) is 2.78. The summed E-state index contributed by atoms with van der Waals surface area (Å²) in [5.74, 6) is -21.5. The van der Waals surface area contributed by atoms with E-state index in [1.807, 2.05) is 0 Å². The number of aromatic hydroxyl groups is 1. The number of rotatable bonds is 9. The van der Waals surface area contributed by atoms with Crippen LogP contribution in [0.4, 0.5) is 39.5 Å². The lowest BCUT2D eigenvalue weighted by Crippen LogP contribution is -2.60. The zero-order chi connectivity index (χ0) is 27.5. The van der Waals surface area contributed by atoms with Gasteiger partial charge in [0.1, 0.15) is 11.5 Å². The van der Waals surface area contributed by atoms with Crippen molar-refractivity contribution in [1.82, 2.24) is 0 Å². The lowest BCUT2D eigenvalue weighted by molar-refractivity contribution is -0.397. The summed E-state index contributed by atoms with van der Waals surface area (Å²) in [5.41, 5.74) is -0.246. The summed E-state index contributed by atoms with van der Waals surface area (Å²) in [6, 6.07) is 9.58. The number of halogens is 9. The van der Waals surface area contributed by atoms with Crippen molar-refractivity contribution in [3.63, 3.8) is 0 Å². The second-order valence-corrected chi connectivity index (χ2v) is 7.57. The van der Waals surface area contributed by atoms with Crippen molar-refractivity contribution in [2.45, 2.75) is 49.8 Å². The summed E-state index contributed by atoms with van der Waals surface area (Å²) in [6.45, 7) is 0.942. The van der Waals surface area contributed by atoms with Crippen LogP contribution < -0.4 is 4.74 Å². The Kier molecular flexibility index (Phi) is 8.21. The fraction of sp³-hybridized carbons (Fsp3) is 0.364. The van der Waals surface area contributed by atoms with Crippen molar-refractivity contribution in [3.8, 4) is 11.5 Å². The number of carbonyl (C=O) groups excluding carboxylic acids is 2. The predicted octanol–water partition coefficient (Wildman–Crippen LogP) is 6.41. The smallest absolute Gasteiger partial charge is 0.460 e. The minimum Gasteiger partial charge on any atom is -0.508 e. The Labute approximate surface area is 197 Å². The molecule has 14 heteroatoms. The molecule has 1 atom stereocenters. The van der Waals surface area contributed by atoms with Crippen LogP contribution in [0.2, 0.25) is 0 Å². The van der Waals surface area contributed by atoms with Crippen LogP contribution in [-0.2, 0) is 4.74 Å². The van der Waals surface area contributed by atoms with Gasteiger partial charge in [0.2, 0.25) is 0 Å². The highest BCUT2D eigenvalue weighted by Crippen LogP contribution is 2.54. The first-order valence-electron chi connectivity index (χ1n) is 9.91. The minimum absolute atomic E-state index is 0.0276. The molecule has 198 valence electrons. The van der Waals surface area contributed by atoms with E-state index >= 15 is 0 Å². The minimum atomic E-state index is -6.99. The standard InChI is InChI=1S/C22H17F9O5/c1-12(10-11-19(23,24)20(25,26)21(27,28)22(29,30)31)35-17(33)13-2-4-14(5-3-13)18(34)36-16-8-6-15(32)7-9-16/h2-9,12,32H,10-11H2,1H3. The van der Waals surface area contributed by atoms with Crippen LogP contribution in [0.1, 0.15) is 40.5 Å². The van der Waals surface area contributed by atoms with Crippen LogP contribution in [0.15, 0.2) is 48.5 Å². The first-order chi connectivity index (χ1) is 16.4. The number of carbonyl (C=O) groups is 2. The molecule has 36 heavy (non-hydrogen) atoms. The molecule has 1 N–H and O–H groups in total. The summed E-state index contributed by atoms with van der Waals surface area (Å²) < 4.78 is 126. The van der Waals surface area contributed by atoms with Crippen molar-refractivity contribution in [2.75, 3.05) is 0 Å². The zero-order valence-corrected chi connectivity index (χ0v) is 18.1. The van der Waals surface area contributed by atoms with Crippen molar-refractivity contribution in [2.24, 2.45) is 0 Å². The molecule has 5 nitrogen and oxygen atoms in total. The Morgan fingerprint density at radius 2 is 1.25 bits per heavy atom. The Morgan fingerprint density at radius 3 is 1.72 bits per heavy atom. The fourth-order valence-corrected chi connectivity index (χ4v) is 2.68. The summed E-state index contributed by atoms with van der Waals surface area (Å²) in [5, 5.41) is 9.20. The van der Waals surface area contributed by atoms with E-state index in [-0.39, 0.29) is 22.6 Å². The van der Waals surface area contributed by atoms with Gasteiger partial charge in [0.05, 0.1) is 17.2 Å². The van der Waals surface area contributed by atoms with E-state index in [2.05, 4.69) is 0 Å². The Bertz CT molecular complexity index is 1060. The lowest BCUT2D eigenvalue weighted by atomic mass is 9.98. The third-order valence-corrected chi connectivity index (χ3v) is 4.79. The van der Waals surface area contributed by atoms with E-state index in [1.165, 1.54) is 24.3 Å². The van der Waals surface area contributed by atoms with Gasteiger partial charge in [-0.1, -0.05) is 0 Å². The normalized spacial score (nSPS) is 13.7. The molecule has 1 unspecified atom stereocenters. The van der Waals surface area contributed by atoms with Gasteiger partial charge in [-0.2, -0.15) is 39.5 Å². The highest BCUT2D eigenvalue weighted by Gasteiger charge is 2.81. The summed E-state index contributed by atoms with van der Waals surface area (Å²) in [6.07, 6.45) is -11.8. The maximum absolute atomic E-state index is 13.6. The molecule has 0 aliphatic carbocycles. The maximum atomic E-state index is 13.6. The van der Waals surface area contributed by atoms with Gasteiger partial charge in [-0.05, 0) is 61.9 Å². The molecule has 0 bridgehead atoms. The second kappa shape index (κ2) is 10.3. The van der Waals surface area contributed by atoms with Crippen molar-refractivity contribution in [1.29, 1.82) is 0 Å². The quantitative estimate of drug-likeness (QED) is 0.230. The van der Waals surface area contributed by atoms with Crippen molar-refractivity contribution in [3.05, 3.63) is 59.7 Å². The maximum Gasteiger partial charge on any atom is 0.460 e. The summed E-state index contributed by atoms with van der Waals surface area (Å²) in [7, 11) is 0. The SMILES string of the molecule is CC(CCC(F)(F)C(F)(F)C(F)(F)C(F)(F)F)OC(=O)c1ccc(C(=O)Oc2ccc(O)cc2)cc1. The predicted molar refractivity (Wildman–Crippen MR) is 105 cm³/mol. The molecule has 2 aromatic carbocycles. The van der Waals surface area contributed by atoms with E-state index in [9.17, 15) is 54.2 Å². The van der Waals surface area contributed by atoms with Gasteiger partial charge < -0.3 is 14.6 Å². The van der Waals surface area contributed by atoms with Gasteiger partial charge in [0.15, 0.2) is 0 Å². The molecule has 0 aromatic heterocycles. The van der Waals surface area contributed by atoms with Crippen LogP contribution in [0.3, 0.4) is 0 Å². The molecule has 0 aliphatic heterocycles. The number of benzene rings is 2. The van der Waals surface area contributed by atoms with Gasteiger partial charge in [-0.25, -0.2) is 9.59 Å². The number of alkyl halides is 9. The van der Waals surface area contributed by atoms with E-state index in [4.69, 9.17) is 9.47 Å². The number of hydrogen-bond donors (Lipinski definition) is 1. The molecule has 2 aromatic rings. The second-order valence-electron chi connectivity index (χ2n) is 7.57.